The van der Waals surface area contributed by atoms with Gasteiger partial charge < -0.3 is 0 Å². The molecular formula is C23H21NO2S. The third-order valence-electron chi connectivity index (χ3n) is 4.93. The van der Waals surface area contributed by atoms with E-state index < -0.39 is 9.84 Å². The molecule has 3 nitrogen and oxygen atoms in total. The molecule has 4 rings (SSSR count). The first-order valence-electron chi connectivity index (χ1n) is 8.93. The minimum absolute atomic E-state index is 0.111. The summed E-state index contributed by atoms with van der Waals surface area (Å²) in [6.07, 6.45) is 0. The summed E-state index contributed by atoms with van der Waals surface area (Å²) in [5, 5.41) is 3.01. The topological polar surface area (TPSA) is 47.0 Å². The molecular weight excluding hydrogens is 354 g/mol. The van der Waals surface area contributed by atoms with Crippen LogP contribution in [0.3, 0.4) is 0 Å². The van der Waals surface area contributed by atoms with Crippen molar-refractivity contribution in [2.75, 3.05) is 0 Å². The first-order valence-corrected chi connectivity index (χ1v) is 10.6. The Balaban J connectivity index is 1.94. The van der Waals surface area contributed by atoms with Crippen LogP contribution in [0.25, 0.3) is 21.7 Å². The molecule has 0 N–H and O–H groups in total. The lowest BCUT2D eigenvalue weighted by Gasteiger charge is -2.13. The van der Waals surface area contributed by atoms with Crippen molar-refractivity contribution >= 4 is 31.5 Å². The van der Waals surface area contributed by atoms with E-state index in [0.29, 0.717) is 10.6 Å². The van der Waals surface area contributed by atoms with E-state index >= 15 is 0 Å². The molecule has 0 spiro atoms. The normalized spacial score (nSPS) is 12.0. The summed E-state index contributed by atoms with van der Waals surface area (Å²) in [5.74, 6) is -0.111. The van der Waals surface area contributed by atoms with Crippen LogP contribution in [0.15, 0.2) is 65.6 Å². The Bertz CT molecular complexity index is 1270. The predicted molar refractivity (Wildman–Crippen MR) is 111 cm³/mol. The van der Waals surface area contributed by atoms with Crippen LogP contribution in [0.4, 0.5) is 0 Å². The lowest BCUT2D eigenvalue weighted by molar-refractivity contribution is 0.595. The van der Waals surface area contributed by atoms with Crippen molar-refractivity contribution in [2.24, 2.45) is 0 Å². The highest BCUT2D eigenvalue weighted by molar-refractivity contribution is 7.90. The maximum Gasteiger partial charge on any atom is 0.184 e. The van der Waals surface area contributed by atoms with Gasteiger partial charge in [0.2, 0.25) is 0 Å². The molecule has 0 aliphatic rings. The summed E-state index contributed by atoms with van der Waals surface area (Å²) < 4.78 is 26.0. The zero-order chi connectivity index (χ0) is 19.2. The van der Waals surface area contributed by atoms with E-state index in [1.165, 1.54) is 5.56 Å². The van der Waals surface area contributed by atoms with Crippen LogP contribution in [-0.4, -0.2) is 13.4 Å². The van der Waals surface area contributed by atoms with Gasteiger partial charge in [-0.05, 0) is 49.9 Å². The van der Waals surface area contributed by atoms with Gasteiger partial charge in [0.05, 0.1) is 21.9 Å². The summed E-state index contributed by atoms with van der Waals surface area (Å²) in [6.45, 7) is 6.03. The molecule has 0 fully saturated rings. The highest BCUT2D eigenvalue weighted by Crippen LogP contribution is 2.31. The summed E-state index contributed by atoms with van der Waals surface area (Å²) in [5.41, 5.74) is 4.74. The van der Waals surface area contributed by atoms with Crippen LogP contribution >= 0.6 is 0 Å². The standard InChI is InChI=1S/C23H21NO2S/c1-15-8-10-18(11-9-15)27(25,26)14-22-20-7-5-4-6-19(20)21-13-16(2)12-17(3)23(21)24-22/h4-13H,14H2,1-3H3. The number of aromatic nitrogens is 1. The molecule has 0 bridgehead atoms. The Morgan fingerprint density at radius 3 is 2.15 bits per heavy atom. The van der Waals surface area contributed by atoms with Gasteiger partial charge in [-0.15, -0.1) is 0 Å². The molecule has 4 heteroatoms. The highest BCUT2D eigenvalue weighted by Gasteiger charge is 2.19. The van der Waals surface area contributed by atoms with E-state index in [-0.39, 0.29) is 5.75 Å². The fraction of sp³-hybridized carbons (Fsp3) is 0.174. The smallest absolute Gasteiger partial charge is 0.184 e. The molecule has 3 aromatic carbocycles. The van der Waals surface area contributed by atoms with Gasteiger partial charge in [-0.2, -0.15) is 0 Å². The van der Waals surface area contributed by atoms with Crippen LogP contribution < -0.4 is 0 Å². The van der Waals surface area contributed by atoms with Gasteiger partial charge in [-0.3, -0.25) is 4.98 Å². The number of aryl methyl sites for hydroxylation is 3. The van der Waals surface area contributed by atoms with E-state index in [2.05, 4.69) is 19.1 Å². The van der Waals surface area contributed by atoms with Crippen molar-refractivity contribution in [3.63, 3.8) is 0 Å². The number of hydrogen-bond acceptors (Lipinski definition) is 3. The Morgan fingerprint density at radius 1 is 0.778 bits per heavy atom. The number of nitrogens with zero attached hydrogens (tertiary/aromatic N) is 1. The average Bonchev–Trinajstić information content (AvgIpc) is 2.63. The van der Waals surface area contributed by atoms with Crippen molar-refractivity contribution in [3.8, 4) is 0 Å². The molecule has 0 unspecified atom stereocenters. The number of sulfone groups is 1. The van der Waals surface area contributed by atoms with Gasteiger partial charge in [-0.1, -0.05) is 53.6 Å². The second-order valence-corrected chi connectivity index (χ2v) is 9.14. The number of benzene rings is 3. The van der Waals surface area contributed by atoms with Gasteiger partial charge in [0.25, 0.3) is 0 Å². The molecule has 1 heterocycles. The Kier molecular flexibility index (Phi) is 4.23. The van der Waals surface area contributed by atoms with E-state index in [1.54, 1.807) is 12.1 Å². The van der Waals surface area contributed by atoms with E-state index in [1.807, 2.05) is 50.2 Å². The summed E-state index contributed by atoms with van der Waals surface area (Å²) in [4.78, 5) is 5.13. The van der Waals surface area contributed by atoms with Crippen molar-refractivity contribution in [2.45, 2.75) is 31.4 Å². The van der Waals surface area contributed by atoms with Gasteiger partial charge in [0.1, 0.15) is 0 Å². The minimum atomic E-state index is -3.47. The molecule has 136 valence electrons. The van der Waals surface area contributed by atoms with Gasteiger partial charge in [0, 0.05) is 10.8 Å². The average molecular weight is 375 g/mol. The molecule has 0 aliphatic carbocycles. The molecule has 0 aliphatic heterocycles. The molecule has 0 amide bonds. The number of pyridine rings is 1. The molecule has 4 aromatic rings. The highest BCUT2D eigenvalue weighted by atomic mass is 32.2. The summed E-state index contributed by atoms with van der Waals surface area (Å²) >= 11 is 0. The Morgan fingerprint density at radius 2 is 1.44 bits per heavy atom. The Hall–Kier alpha value is -2.72. The third kappa shape index (κ3) is 3.21. The molecule has 0 saturated heterocycles. The van der Waals surface area contributed by atoms with Crippen molar-refractivity contribution < 1.29 is 8.42 Å². The van der Waals surface area contributed by atoms with E-state index in [4.69, 9.17) is 4.98 Å². The van der Waals surface area contributed by atoms with Crippen LogP contribution in [0, 0.1) is 20.8 Å². The number of hydrogen-bond donors (Lipinski definition) is 0. The van der Waals surface area contributed by atoms with Gasteiger partial charge >= 0.3 is 0 Å². The Labute approximate surface area is 159 Å². The van der Waals surface area contributed by atoms with Crippen LogP contribution in [0.1, 0.15) is 22.4 Å². The van der Waals surface area contributed by atoms with Crippen LogP contribution in [-0.2, 0) is 15.6 Å². The fourth-order valence-electron chi connectivity index (χ4n) is 3.60. The van der Waals surface area contributed by atoms with Crippen LogP contribution in [0.2, 0.25) is 0 Å². The molecule has 0 saturated carbocycles. The molecule has 0 radical (unpaired) electrons. The first-order chi connectivity index (χ1) is 12.8. The largest absolute Gasteiger partial charge is 0.251 e. The van der Waals surface area contributed by atoms with Crippen molar-refractivity contribution in [1.29, 1.82) is 0 Å². The second kappa shape index (κ2) is 6.46. The maximum absolute atomic E-state index is 13.0. The first kappa shape index (κ1) is 17.7. The van der Waals surface area contributed by atoms with Crippen molar-refractivity contribution in [1.82, 2.24) is 4.98 Å². The number of fused-ring (bicyclic) bond motifs is 3. The fourth-order valence-corrected chi connectivity index (χ4v) is 4.89. The summed E-state index contributed by atoms with van der Waals surface area (Å²) in [6, 6.07) is 19.1. The summed E-state index contributed by atoms with van der Waals surface area (Å²) in [7, 11) is -3.47. The SMILES string of the molecule is Cc1ccc(S(=O)(=O)Cc2nc3c(C)cc(C)cc3c3ccccc23)cc1. The minimum Gasteiger partial charge on any atom is -0.251 e. The lowest BCUT2D eigenvalue weighted by Crippen LogP contribution is -2.07. The molecule has 0 atom stereocenters. The van der Waals surface area contributed by atoms with Gasteiger partial charge in [0.15, 0.2) is 9.84 Å². The van der Waals surface area contributed by atoms with Crippen LogP contribution in [0.5, 0.6) is 0 Å². The molecule has 27 heavy (non-hydrogen) atoms. The third-order valence-corrected chi connectivity index (χ3v) is 6.57. The predicted octanol–water partition coefficient (Wildman–Crippen LogP) is 5.29. The lowest BCUT2D eigenvalue weighted by atomic mass is 10.00. The quantitative estimate of drug-likeness (QED) is 0.457. The zero-order valence-corrected chi connectivity index (χ0v) is 16.5. The number of rotatable bonds is 3. The van der Waals surface area contributed by atoms with Crippen molar-refractivity contribution in [3.05, 3.63) is 83.0 Å². The van der Waals surface area contributed by atoms with Gasteiger partial charge in [-0.25, -0.2) is 8.42 Å². The monoisotopic (exact) mass is 375 g/mol. The zero-order valence-electron chi connectivity index (χ0n) is 15.7. The molecule has 1 aromatic heterocycles. The van der Waals surface area contributed by atoms with E-state index in [9.17, 15) is 8.42 Å². The van der Waals surface area contributed by atoms with E-state index in [0.717, 1.165) is 32.8 Å². The second-order valence-electron chi connectivity index (χ2n) is 7.15. The maximum atomic E-state index is 13.0.